The summed E-state index contributed by atoms with van der Waals surface area (Å²) in [4.78, 5) is 0.227. The Morgan fingerprint density at radius 3 is 2.34 bits per heavy atom. The maximum absolute atomic E-state index is 12.6. The first-order chi connectivity index (χ1) is 16.0. The zero-order valence-electron chi connectivity index (χ0n) is 19.8. The lowest BCUT2D eigenvalue weighted by molar-refractivity contribution is -0.0643. The molecule has 35 heavy (non-hydrogen) atoms. The van der Waals surface area contributed by atoms with Crippen LogP contribution in [0.2, 0.25) is 5.02 Å². The predicted octanol–water partition coefficient (Wildman–Crippen LogP) is 5.28. The SMILES string of the molecule is Cc1ccc(S(=O)(=O)Nc2ccc(CCNC3c4cc(Cl)ccc4OC(C)(C)C3O)cc2)cc1.Cl. The van der Waals surface area contributed by atoms with Crippen molar-refractivity contribution in [2.75, 3.05) is 11.3 Å². The number of hydrogen-bond donors (Lipinski definition) is 3. The fourth-order valence-electron chi connectivity index (χ4n) is 4.04. The van der Waals surface area contributed by atoms with Gasteiger partial charge in [0.2, 0.25) is 0 Å². The Bertz CT molecular complexity index is 1260. The minimum absolute atomic E-state index is 0. The number of aryl methyl sites for hydroxylation is 1. The van der Waals surface area contributed by atoms with Crippen molar-refractivity contribution in [3.8, 4) is 5.75 Å². The van der Waals surface area contributed by atoms with Gasteiger partial charge in [0.05, 0.1) is 10.9 Å². The van der Waals surface area contributed by atoms with Crippen LogP contribution in [0, 0.1) is 6.92 Å². The molecular weight excluding hydrogens is 507 g/mol. The van der Waals surface area contributed by atoms with Crippen molar-refractivity contribution in [3.05, 3.63) is 88.4 Å². The molecule has 0 radical (unpaired) electrons. The van der Waals surface area contributed by atoms with Crippen LogP contribution in [-0.2, 0) is 16.4 Å². The molecule has 6 nitrogen and oxygen atoms in total. The van der Waals surface area contributed by atoms with Crippen LogP contribution < -0.4 is 14.8 Å². The molecule has 1 aliphatic rings. The van der Waals surface area contributed by atoms with Crippen molar-refractivity contribution in [2.24, 2.45) is 0 Å². The van der Waals surface area contributed by atoms with E-state index in [4.69, 9.17) is 16.3 Å². The molecule has 0 saturated carbocycles. The highest BCUT2D eigenvalue weighted by atomic mass is 35.5. The third-order valence-corrected chi connectivity index (χ3v) is 7.66. The first-order valence-electron chi connectivity index (χ1n) is 11.1. The molecule has 1 heterocycles. The molecule has 0 aliphatic carbocycles. The average molecular weight is 538 g/mol. The van der Waals surface area contributed by atoms with E-state index in [1.807, 2.05) is 45.0 Å². The molecule has 3 aromatic carbocycles. The van der Waals surface area contributed by atoms with Crippen LogP contribution in [0.15, 0.2) is 71.6 Å². The first-order valence-corrected chi connectivity index (χ1v) is 13.0. The second kappa shape index (κ2) is 10.8. The fraction of sp³-hybridized carbons (Fsp3) is 0.308. The third-order valence-electron chi connectivity index (χ3n) is 6.02. The summed E-state index contributed by atoms with van der Waals surface area (Å²) >= 11 is 6.18. The molecule has 3 N–H and O–H groups in total. The van der Waals surface area contributed by atoms with E-state index in [1.54, 1.807) is 42.5 Å². The number of anilines is 1. The molecule has 4 rings (SSSR count). The van der Waals surface area contributed by atoms with Gasteiger partial charge in [-0.15, -0.1) is 12.4 Å². The lowest BCUT2D eigenvalue weighted by Gasteiger charge is -2.42. The molecule has 0 aromatic heterocycles. The Morgan fingerprint density at radius 2 is 1.69 bits per heavy atom. The Kier molecular flexibility index (Phi) is 8.40. The van der Waals surface area contributed by atoms with Gasteiger partial charge in [-0.25, -0.2) is 8.42 Å². The minimum atomic E-state index is -3.64. The first kappa shape index (κ1) is 27.3. The van der Waals surface area contributed by atoms with Crippen LogP contribution >= 0.6 is 24.0 Å². The molecule has 3 aromatic rings. The van der Waals surface area contributed by atoms with E-state index >= 15 is 0 Å². The Morgan fingerprint density at radius 1 is 1.03 bits per heavy atom. The van der Waals surface area contributed by atoms with Gasteiger partial charge in [0.1, 0.15) is 17.5 Å². The number of benzene rings is 3. The maximum Gasteiger partial charge on any atom is 0.261 e. The summed E-state index contributed by atoms with van der Waals surface area (Å²) in [5.41, 5.74) is 2.63. The van der Waals surface area contributed by atoms with Crippen LogP contribution in [-0.4, -0.2) is 31.8 Å². The monoisotopic (exact) mass is 536 g/mol. The molecule has 0 spiro atoms. The van der Waals surface area contributed by atoms with Crippen molar-refractivity contribution in [2.45, 2.75) is 49.8 Å². The van der Waals surface area contributed by atoms with Gasteiger partial charge >= 0.3 is 0 Å². The van der Waals surface area contributed by atoms with Crippen LogP contribution in [0.5, 0.6) is 5.75 Å². The number of aliphatic hydroxyl groups excluding tert-OH is 1. The number of rotatable bonds is 7. The standard InChI is InChI=1S/C26H29ClN2O4S.ClH/c1-17-4-11-21(12-5-17)34(31,32)29-20-9-6-18(7-10-20)14-15-28-24-22-16-19(27)8-13-23(22)33-26(2,3)25(24)30;/h4-13,16,24-25,28-30H,14-15H2,1-3H3;1H. The topological polar surface area (TPSA) is 87.7 Å². The number of sulfonamides is 1. The van der Waals surface area contributed by atoms with Gasteiger partial charge in [0.15, 0.2) is 0 Å². The van der Waals surface area contributed by atoms with Crippen LogP contribution in [0.25, 0.3) is 0 Å². The maximum atomic E-state index is 12.6. The number of halogens is 2. The number of ether oxygens (including phenoxy) is 1. The summed E-state index contributed by atoms with van der Waals surface area (Å²) in [6.45, 7) is 6.24. The van der Waals surface area contributed by atoms with E-state index < -0.39 is 21.7 Å². The van der Waals surface area contributed by atoms with Crippen molar-refractivity contribution < 1.29 is 18.3 Å². The van der Waals surface area contributed by atoms with Gasteiger partial charge in [-0.1, -0.05) is 41.4 Å². The summed E-state index contributed by atoms with van der Waals surface area (Å²) in [5, 5.41) is 14.9. The Balaban J connectivity index is 0.00000342. The van der Waals surface area contributed by atoms with Gasteiger partial charge in [0, 0.05) is 16.3 Å². The molecule has 0 bridgehead atoms. The van der Waals surface area contributed by atoms with Gasteiger partial charge < -0.3 is 15.2 Å². The molecule has 1 aliphatic heterocycles. The van der Waals surface area contributed by atoms with Crippen LogP contribution in [0.1, 0.15) is 36.6 Å². The van der Waals surface area contributed by atoms with Gasteiger partial charge in [-0.3, -0.25) is 4.72 Å². The molecule has 0 fully saturated rings. The highest BCUT2D eigenvalue weighted by molar-refractivity contribution is 7.92. The highest BCUT2D eigenvalue weighted by Gasteiger charge is 2.42. The van der Waals surface area contributed by atoms with Crippen molar-refractivity contribution >= 4 is 39.7 Å². The summed E-state index contributed by atoms with van der Waals surface area (Å²) < 4.78 is 33.8. The molecule has 9 heteroatoms. The molecule has 2 atom stereocenters. The summed E-state index contributed by atoms with van der Waals surface area (Å²) in [6, 6.07) is 19.1. The quantitative estimate of drug-likeness (QED) is 0.382. The summed E-state index contributed by atoms with van der Waals surface area (Å²) in [7, 11) is -3.64. The Labute approximate surface area is 218 Å². The minimum Gasteiger partial charge on any atom is -0.485 e. The smallest absolute Gasteiger partial charge is 0.261 e. The van der Waals surface area contributed by atoms with E-state index in [9.17, 15) is 13.5 Å². The van der Waals surface area contributed by atoms with Gasteiger partial charge in [-0.2, -0.15) is 0 Å². The normalized spacial score (nSPS) is 18.7. The highest BCUT2D eigenvalue weighted by Crippen LogP contribution is 2.40. The Hall–Kier alpha value is -2.29. The second-order valence-electron chi connectivity index (χ2n) is 9.13. The average Bonchev–Trinajstić information content (AvgIpc) is 2.78. The van der Waals surface area contributed by atoms with Gasteiger partial charge in [0.25, 0.3) is 10.0 Å². The molecule has 188 valence electrons. The summed E-state index contributed by atoms with van der Waals surface area (Å²) in [6.07, 6.45) is -0.0530. The lowest BCUT2D eigenvalue weighted by atomic mass is 9.86. The number of hydrogen-bond acceptors (Lipinski definition) is 5. The van der Waals surface area contributed by atoms with Crippen LogP contribution in [0.3, 0.4) is 0 Å². The van der Waals surface area contributed by atoms with E-state index in [-0.39, 0.29) is 23.3 Å². The lowest BCUT2D eigenvalue weighted by Crippen LogP contribution is -2.52. The number of nitrogens with one attached hydrogen (secondary N) is 2. The number of fused-ring (bicyclic) bond motifs is 1. The summed E-state index contributed by atoms with van der Waals surface area (Å²) in [5.74, 6) is 0.711. The largest absolute Gasteiger partial charge is 0.485 e. The second-order valence-corrected chi connectivity index (χ2v) is 11.2. The van der Waals surface area contributed by atoms with E-state index in [1.165, 1.54) is 0 Å². The zero-order chi connectivity index (χ0) is 24.5. The van der Waals surface area contributed by atoms with Gasteiger partial charge in [-0.05, 0) is 81.8 Å². The molecule has 2 unspecified atom stereocenters. The fourth-order valence-corrected chi connectivity index (χ4v) is 5.27. The molecule has 0 amide bonds. The van der Waals surface area contributed by atoms with Crippen LogP contribution in [0.4, 0.5) is 5.69 Å². The van der Waals surface area contributed by atoms with E-state index in [2.05, 4.69) is 10.0 Å². The van der Waals surface area contributed by atoms with Crippen molar-refractivity contribution in [3.63, 3.8) is 0 Å². The van der Waals surface area contributed by atoms with E-state index in [0.717, 1.165) is 16.7 Å². The van der Waals surface area contributed by atoms with Crippen molar-refractivity contribution in [1.29, 1.82) is 0 Å². The van der Waals surface area contributed by atoms with E-state index in [0.29, 0.717) is 29.4 Å². The third kappa shape index (κ3) is 6.29. The molecule has 0 saturated heterocycles. The molecular formula is C26H30Cl2N2O4S. The zero-order valence-corrected chi connectivity index (χ0v) is 22.2. The number of aliphatic hydroxyl groups is 1. The predicted molar refractivity (Wildman–Crippen MR) is 142 cm³/mol. The van der Waals surface area contributed by atoms with Crippen molar-refractivity contribution in [1.82, 2.24) is 5.32 Å².